The second-order valence-electron chi connectivity index (χ2n) is 9.76. The number of carbonyl (C=O) groups is 3. The quantitative estimate of drug-likeness (QED) is 0.213. The van der Waals surface area contributed by atoms with E-state index in [1.54, 1.807) is 37.6 Å². The smallest absolute Gasteiger partial charge is 0.273 e. The second-order valence-corrected chi connectivity index (χ2v) is 10.5. The zero-order valence-electron chi connectivity index (χ0n) is 23.6. The first-order valence-electron chi connectivity index (χ1n) is 13.5. The summed E-state index contributed by atoms with van der Waals surface area (Å²) < 4.78 is 9.26. The molecule has 0 aliphatic carbocycles. The Morgan fingerprint density at radius 2 is 1.72 bits per heavy atom. The molecule has 43 heavy (non-hydrogen) atoms. The third kappa shape index (κ3) is 6.16. The lowest BCUT2D eigenvalue weighted by atomic mass is 9.99. The normalized spacial score (nSPS) is 11.6. The number of fused-ring (bicyclic) bond motifs is 1. The molecule has 0 spiro atoms. The number of ether oxygens (including phenoxy) is 1. The summed E-state index contributed by atoms with van der Waals surface area (Å²) in [6.07, 6.45) is 2.48. The average molecular weight is 595 g/mol. The number of nitrogens with zero attached hydrogens (tertiary/aromatic N) is 3. The van der Waals surface area contributed by atoms with Gasteiger partial charge in [-0.05, 0) is 77.1 Å². The molecule has 5 rings (SSSR count). The number of anilines is 2. The van der Waals surface area contributed by atoms with Crippen LogP contribution in [0.1, 0.15) is 49.8 Å². The van der Waals surface area contributed by atoms with E-state index in [0.717, 1.165) is 40.0 Å². The van der Waals surface area contributed by atoms with Gasteiger partial charge in [-0.1, -0.05) is 43.3 Å². The number of aromatic nitrogens is 2. The van der Waals surface area contributed by atoms with Crippen LogP contribution in [0.4, 0.5) is 11.4 Å². The number of pyridine rings is 1. The summed E-state index contributed by atoms with van der Waals surface area (Å²) in [6, 6.07) is 22.7. The number of methoxy groups -OCH3 is 1. The molecule has 3 amide bonds. The molecule has 5 aromatic rings. The molecule has 10 nitrogen and oxygen atoms in total. The summed E-state index contributed by atoms with van der Waals surface area (Å²) in [4.78, 5) is 46.2. The summed E-state index contributed by atoms with van der Waals surface area (Å²) >= 11 is 0.763. The highest BCUT2D eigenvalue weighted by atomic mass is 32.1. The Hall–Kier alpha value is -5.29. The molecule has 2 aromatic heterocycles. The molecular formula is C32H30N6O4S. The van der Waals surface area contributed by atoms with Crippen LogP contribution in [0.3, 0.4) is 0 Å². The van der Waals surface area contributed by atoms with Crippen LogP contribution in [0.25, 0.3) is 10.9 Å². The molecule has 11 heteroatoms. The van der Waals surface area contributed by atoms with Crippen molar-refractivity contribution in [3.8, 4) is 5.75 Å². The van der Waals surface area contributed by atoms with Crippen LogP contribution >= 0.6 is 11.5 Å². The maximum Gasteiger partial charge on any atom is 0.273 e. The molecule has 218 valence electrons. The first-order chi connectivity index (χ1) is 20.8. The lowest BCUT2D eigenvalue weighted by Crippen LogP contribution is -2.44. The molecule has 0 saturated heterocycles. The molecule has 0 aliphatic heterocycles. The highest BCUT2D eigenvalue weighted by Gasteiger charge is 2.36. The van der Waals surface area contributed by atoms with E-state index in [0.29, 0.717) is 17.0 Å². The van der Waals surface area contributed by atoms with Gasteiger partial charge in [-0.25, -0.2) is 0 Å². The van der Waals surface area contributed by atoms with Crippen LogP contribution in [0.2, 0.25) is 0 Å². The van der Waals surface area contributed by atoms with Gasteiger partial charge >= 0.3 is 0 Å². The van der Waals surface area contributed by atoms with Gasteiger partial charge in [0.25, 0.3) is 11.8 Å². The van der Waals surface area contributed by atoms with Gasteiger partial charge in [-0.2, -0.15) is 4.37 Å². The molecule has 0 fully saturated rings. The summed E-state index contributed by atoms with van der Waals surface area (Å²) in [5, 5.41) is 3.79. The monoisotopic (exact) mass is 594 g/mol. The van der Waals surface area contributed by atoms with Crippen molar-refractivity contribution in [3.63, 3.8) is 0 Å². The maximum absolute atomic E-state index is 14.3. The molecule has 2 heterocycles. The third-order valence-corrected chi connectivity index (χ3v) is 7.92. The van der Waals surface area contributed by atoms with Crippen molar-refractivity contribution in [2.45, 2.75) is 25.9 Å². The number of hydrogen-bond donors (Lipinski definition) is 3. The van der Waals surface area contributed by atoms with Gasteiger partial charge in [0.05, 0.1) is 18.3 Å². The van der Waals surface area contributed by atoms with Crippen molar-refractivity contribution in [3.05, 3.63) is 112 Å². The number of primary amides is 1. The van der Waals surface area contributed by atoms with Crippen LogP contribution in [-0.4, -0.2) is 34.2 Å². The molecule has 1 unspecified atom stereocenters. The van der Waals surface area contributed by atoms with E-state index in [2.05, 4.69) is 14.7 Å². The van der Waals surface area contributed by atoms with Crippen molar-refractivity contribution in [2.24, 2.45) is 5.73 Å². The summed E-state index contributed by atoms with van der Waals surface area (Å²) in [5.41, 5.74) is 15.0. The van der Waals surface area contributed by atoms with Crippen LogP contribution in [0.15, 0.2) is 85.1 Å². The van der Waals surface area contributed by atoms with Gasteiger partial charge in [0.2, 0.25) is 5.91 Å². The Kier molecular flexibility index (Phi) is 8.63. The average Bonchev–Trinajstić information content (AvgIpc) is 3.43. The highest BCUT2D eigenvalue weighted by Crippen LogP contribution is 2.34. The topological polar surface area (TPSA) is 154 Å². The number of nitrogen functional groups attached to an aromatic ring is 1. The van der Waals surface area contributed by atoms with E-state index in [4.69, 9.17) is 16.2 Å². The third-order valence-electron chi connectivity index (χ3n) is 7.07. The molecule has 0 bridgehead atoms. The second kappa shape index (κ2) is 12.7. The Bertz CT molecular complexity index is 1790. The van der Waals surface area contributed by atoms with Crippen LogP contribution in [0.5, 0.6) is 5.75 Å². The number of aryl methyl sites for hydroxylation is 1. The standard InChI is InChI=1S/C32H30N6O4S/c1-3-19-6-11-23(12-7-19)38(32(41)29-26(33)27(30(34)39)37-43-29)28(22-10-15-25-21(17-22)5-4-16-35-25)31(40)36-18-20-8-13-24(42-2)14-9-20/h4-17,28H,3,18,33H2,1-2H3,(H2,34,39)(H,36,40). The number of rotatable bonds is 10. The fourth-order valence-electron chi connectivity index (χ4n) is 4.73. The number of hydrogen-bond acceptors (Lipinski definition) is 8. The van der Waals surface area contributed by atoms with E-state index < -0.39 is 23.8 Å². The first-order valence-corrected chi connectivity index (χ1v) is 14.3. The first kappa shape index (κ1) is 29.2. The fraction of sp³-hybridized carbons (Fsp3) is 0.156. The van der Waals surface area contributed by atoms with Gasteiger partial charge in [0.15, 0.2) is 5.69 Å². The minimum atomic E-state index is -1.12. The van der Waals surface area contributed by atoms with Gasteiger partial charge in [-0.3, -0.25) is 24.3 Å². The largest absolute Gasteiger partial charge is 0.497 e. The van der Waals surface area contributed by atoms with Crippen LogP contribution < -0.4 is 26.4 Å². The minimum Gasteiger partial charge on any atom is -0.497 e. The Balaban J connectivity index is 1.63. The van der Waals surface area contributed by atoms with E-state index in [-0.39, 0.29) is 22.8 Å². The zero-order valence-corrected chi connectivity index (χ0v) is 24.4. The number of nitrogens with one attached hydrogen (secondary N) is 1. The number of nitrogens with two attached hydrogens (primary N) is 2. The number of amides is 3. The van der Waals surface area contributed by atoms with E-state index in [1.807, 2.05) is 61.5 Å². The molecule has 1 atom stereocenters. The van der Waals surface area contributed by atoms with Gasteiger partial charge < -0.3 is 21.5 Å². The lowest BCUT2D eigenvalue weighted by Gasteiger charge is -2.31. The van der Waals surface area contributed by atoms with Crippen LogP contribution in [0, 0.1) is 0 Å². The summed E-state index contributed by atoms with van der Waals surface area (Å²) in [5.74, 6) is -1.17. The van der Waals surface area contributed by atoms with E-state index in [9.17, 15) is 14.4 Å². The van der Waals surface area contributed by atoms with Gasteiger partial charge in [0, 0.05) is 23.8 Å². The molecular weight excluding hydrogens is 564 g/mol. The SMILES string of the molecule is CCc1ccc(N(C(=O)c2snc(C(N)=O)c2N)C(C(=O)NCc2ccc(OC)cc2)c2ccc3ncccc3c2)cc1. The number of benzene rings is 3. The van der Waals surface area contributed by atoms with Gasteiger partial charge in [0.1, 0.15) is 16.7 Å². The van der Waals surface area contributed by atoms with Crippen molar-refractivity contribution >= 4 is 51.5 Å². The summed E-state index contributed by atoms with van der Waals surface area (Å²) in [6.45, 7) is 2.24. The van der Waals surface area contributed by atoms with Crippen molar-refractivity contribution in [2.75, 3.05) is 17.7 Å². The lowest BCUT2D eigenvalue weighted by molar-refractivity contribution is -0.122. The predicted octanol–water partition coefficient (Wildman–Crippen LogP) is 4.65. The maximum atomic E-state index is 14.3. The fourth-order valence-corrected chi connectivity index (χ4v) is 5.47. The van der Waals surface area contributed by atoms with E-state index in [1.165, 1.54) is 4.90 Å². The van der Waals surface area contributed by atoms with E-state index >= 15 is 0 Å². The Labute approximate surface area is 252 Å². The molecule has 0 radical (unpaired) electrons. The predicted molar refractivity (Wildman–Crippen MR) is 167 cm³/mol. The molecule has 3 aromatic carbocycles. The van der Waals surface area contributed by atoms with Crippen molar-refractivity contribution < 1.29 is 19.1 Å². The highest BCUT2D eigenvalue weighted by molar-refractivity contribution is 7.09. The number of carbonyl (C=O) groups excluding carboxylic acids is 3. The summed E-state index contributed by atoms with van der Waals surface area (Å²) in [7, 11) is 1.58. The molecule has 5 N–H and O–H groups in total. The minimum absolute atomic E-state index is 0.00350. The molecule has 0 aliphatic rings. The van der Waals surface area contributed by atoms with Crippen molar-refractivity contribution in [1.82, 2.24) is 14.7 Å². The Morgan fingerprint density at radius 1 is 1.00 bits per heavy atom. The van der Waals surface area contributed by atoms with Crippen molar-refractivity contribution in [1.29, 1.82) is 0 Å². The Morgan fingerprint density at radius 3 is 2.37 bits per heavy atom. The molecule has 0 saturated carbocycles. The van der Waals surface area contributed by atoms with Crippen LogP contribution in [-0.2, 0) is 17.8 Å². The van der Waals surface area contributed by atoms with Gasteiger partial charge in [-0.15, -0.1) is 0 Å². The zero-order chi connectivity index (χ0) is 30.5.